The Kier molecular flexibility index (Phi) is 7.81. The number of rotatable bonds is 9. The predicted octanol–water partition coefficient (Wildman–Crippen LogP) is 1.53. The Morgan fingerprint density at radius 1 is 1.26 bits per heavy atom. The smallest absolute Gasteiger partial charge is 0.310 e. The molecule has 5 nitrogen and oxygen atoms in total. The van der Waals surface area contributed by atoms with Gasteiger partial charge in [0, 0.05) is 13.7 Å². The molecule has 0 aliphatic rings. The molecule has 1 aromatic carbocycles. The summed E-state index contributed by atoms with van der Waals surface area (Å²) in [6.45, 7) is 3.47. The maximum absolute atomic E-state index is 11.7. The molecule has 0 radical (unpaired) electrons. The average Bonchev–Trinajstić information content (AvgIpc) is 2.45. The van der Waals surface area contributed by atoms with E-state index in [9.17, 15) is 4.79 Å². The van der Waals surface area contributed by atoms with Crippen molar-refractivity contribution in [3.05, 3.63) is 35.9 Å². The summed E-state index contributed by atoms with van der Waals surface area (Å²) < 4.78 is 10.0. The molecular weight excluding hydrogens is 246 g/mol. The number of hydrogen-bond acceptors (Lipinski definition) is 5. The van der Waals surface area contributed by atoms with Gasteiger partial charge in [-0.1, -0.05) is 37.3 Å². The van der Waals surface area contributed by atoms with Crippen LogP contribution in [0, 0.1) is 5.92 Å². The molecule has 1 unspecified atom stereocenters. The summed E-state index contributed by atoms with van der Waals surface area (Å²) in [7, 11) is 1.60. The summed E-state index contributed by atoms with van der Waals surface area (Å²) in [6.07, 6.45) is 0. The number of ether oxygens (including phenoxy) is 2. The largest absolute Gasteiger partial charge is 0.461 e. The van der Waals surface area contributed by atoms with Crippen LogP contribution >= 0.6 is 0 Å². The number of carbonyl (C=O) groups excluding carboxylic acids is 1. The van der Waals surface area contributed by atoms with Crippen molar-refractivity contribution >= 4 is 5.97 Å². The fourth-order valence-electron chi connectivity index (χ4n) is 1.34. The highest BCUT2D eigenvalue weighted by atomic mass is 16.7. The van der Waals surface area contributed by atoms with Crippen molar-refractivity contribution in [3.63, 3.8) is 0 Å². The second-order valence-electron chi connectivity index (χ2n) is 4.18. The fourth-order valence-corrected chi connectivity index (χ4v) is 1.34. The Morgan fingerprint density at radius 3 is 2.68 bits per heavy atom. The van der Waals surface area contributed by atoms with Crippen molar-refractivity contribution in [2.45, 2.75) is 13.5 Å². The van der Waals surface area contributed by atoms with Gasteiger partial charge in [0.25, 0.3) is 0 Å². The number of methoxy groups -OCH3 is 1. The maximum atomic E-state index is 11.7. The lowest BCUT2D eigenvalue weighted by molar-refractivity contribution is -0.150. The molecule has 1 aromatic rings. The van der Waals surface area contributed by atoms with Crippen LogP contribution in [-0.2, 0) is 25.7 Å². The van der Waals surface area contributed by atoms with E-state index in [-0.39, 0.29) is 11.9 Å². The molecule has 0 amide bonds. The van der Waals surface area contributed by atoms with Crippen LogP contribution < -0.4 is 5.48 Å². The van der Waals surface area contributed by atoms with E-state index in [1.165, 1.54) is 0 Å². The second-order valence-corrected chi connectivity index (χ2v) is 4.18. The first-order chi connectivity index (χ1) is 9.24. The van der Waals surface area contributed by atoms with E-state index in [1.807, 2.05) is 30.3 Å². The van der Waals surface area contributed by atoms with Gasteiger partial charge in [-0.3, -0.25) is 9.63 Å². The fraction of sp³-hybridized carbons (Fsp3) is 0.500. The summed E-state index contributed by atoms with van der Waals surface area (Å²) in [5, 5.41) is 0. The lowest BCUT2D eigenvalue weighted by Crippen LogP contribution is -2.29. The minimum atomic E-state index is -0.258. The SMILES string of the molecule is COCCONCC(C)C(=O)OCc1ccccc1. The molecule has 0 heterocycles. The van der Waals surface area contributed by atoms with Crippen molar-refractivity contribution in [3.8, 4) is 0 Å². The standard InChI is InChI=1S/C14H21NO4/c1-12(10-15-19-9-8-17-2)14(16)18-11-13-6-4-3-5-7-13/h3-7,12,15H,8-11H2,1-2H3. The molecule has 1 atom stereocenters. The monoisotopic (exact) mass is 267 g/mol. The number of esters is 1. The van der Waals surface area contributed by atoms with E-state index in [2.05, 4.69) is 5.48 Å². The van der Waals surface area contributed by atoms with Crippen LogP contribution in [0.5, 0.6) is 0 Å². The molecule has 0 fully saturated rings. The summed E-state index contributed by atoms with van der Waals surface area (Å²) in [4.78, 5) is 16.8. The van der Waals surface area contributed by atoms with Gasteiger partial charge in [-0.15, -0.1) is 0 Å². The number of benzene rings is 1. The first-order valence-corrected chi connectivity index (χ1v) is 6.28. The van der Waals surface area contributed by atoms with Crippen LogP contribution in [0.3, 0.4) is 0 Å². The minimum absolute atomic E-state index is 0.244. The summed E-state index contributed by atoms with van der Waals surface area (Å²) in [5.41, 5.74) is 3.70. The highest BCUT2D eigenvalue weighted by Crippen LogP contribution is 2.04. The normalized spacial score (nSPS) is 12.1. The lowest BCUT2D eigenvalue weighted by Gasteiger charge is -2.12. The Bertz CT molecular complexity index is 356. The molecule has 0 aromatic heterocycles. The summed E-state index contributed by atoms with van der Waals surface area (Å²) >= 11 is 0. The summed E-state index contributed by atoms with van der Waals surface area (Å²) in [6, 6.07) is 9.60. The zero-order valence-corrected chi connectivity index (χ0v) is 11.4. The lowest BCUT2D eigenvalue weighted by atomic mass is 10.2. The van der Waals surface area contributed by atoms with E-state index in [1.54, 1.807) is 14.0 Å². The quantitative estimate of drug-likeness (QED) is 0.418. The first-order valence-electron chi connectivity index (χ1n) is 6.28. The third-order valence-corrected chi connectivity index (χ3v) is 2.51. The van der Waals surface area contributed by atoms with Crippen LogP contribution in [-0.4, -0.2) is 32.8 Å². The molecule has 1 rings (SSSR count). The van der Waals surface area contributed by atoms with E-state index in [0.717, 1.165) is 5.56 Å². The van der Waals surface area contributed by atoms with Gasteiger partial charge in [-0.05, 0) is 5.56 Å². The van der Waals surface area contributed by atoms with Crippen molar-refractivity contribution in [1.82, 2.24) is 5.48 Å². The van der Waals surface area contributed by atoms with Gasteiger partial charge < -0.3 is 9.47 Å². The van der Waals surface area contributed by atoms with Gasteiger partial charge in [0.1, 0.15) is 6.61 Å². The molecule has 0 bridgehead atoms. The van der Waals surface area contributed by atoms with Crippen molar-refractivity contribution in [1.29, 1.82) is 0 Å². The topological polar surface area (TPSA) is 56.8 Å². The molecule has 5 heteroatoms. The van der Waals surface area contributed by atoms with Gasteiger partial charge in [0.2, 0.25) is 0 Å². The van der Waals surface area contributed by atoms with Crippen LogP contribution in [0.1, 0.15) is 12.5 Å². The molecule has 1 N–H and O–H groups in total. The minimum Gasteiger partial charge on any atom is -0.461 e. The average molecular weight is 267 g/mol. The third-order valence-electron chi connectivity index (χ3n) is 2.51. The molecule has 0 aliphatic heterocycles. The van der Waals surface area contributed by atoms with Crippen LogP contribution in [0.25, 0.3) is 0 Å². The van der Waals surface area contributed by atoms with Crippen molar-refractivity contribution in [2.75, 3.05) is 26.9 Å². The highest BCUT2D eigenvalue weighted by Gasteiger charge is 2.14. The zero-order chi connectivity index (χ0) is 13.9. The molecule has 106 valence electrons. The van der Waals surface area contributed by atoms with E-state index in [4.69, 9.17) is 14.3 Å². The zero-order valence-electron chi connectivity index (χ0n) is 11.4. The predicted molar refractivity (Wildman–Crippen MR) is 71.2 cm³/mol. The second kappa shape index (κ2) is 9.49. The van der Waals surface area contributed by atoms with E-state index in [0.29, 0.717) is 26.4 Å². The van der Waals surface area contributed by atoms with Gasteiger partial charge in [-0.25, -0.2) is 5.48 Å². The Morgan fingerprint density at radius 2 is 2.00 bits per heavy atom. The molecule has 19 heavy (non-hydrogen) atoms. The third kappa shape index (κ3) is 6.91. The van der Waals surface area contributed by atoms with Crippen molar-refractivity contribution < 1.29 is 19.1 Å². The Hall–Kier alpha value is -1.43. The molecule has 0 spiro atoms. The first kappa shape index (κ1) is 15.6. The van der Waals surface area contributed by atoms with Gasteiger partial charge in [0.05, 0.1) is 19.1 Å². The van der Waals surface area contributed by atoms with Crippen LogP contribution in [0.15, 0.2) is 30.3 Å². The van der Waals surface area contributed by atoms with Crippen LogP contribution in [0.4, 0.5) is 0 Å². The van der Waals surface area contributed by atoms with Crippen molar-refractivity contribution in [2.24, 2.45) is 5.92 Å². The van der Waals surface area contributed by atoms with E-state index < -0.39 is 0 Å². The number of nitrogens with one attached hydrogen (secondary N) is 1. The molecule has 0 aliphatic carbocycles. The molecule has 0 saturated heterocycles. The Balaban J connectivity index is 2.14. The van der Waals surface area contributed by atoms with Crippen LogP contribution in [0.2, 0.25) is 0 Å². The Labute approximate surface area is 113 Å². The summed E-state index contributed by atoms with van der Waals surface area (Å²) in [5.74, 6) is -0.502. The number of carbonyl (C=O) groups is 1. The molecular formula is C14H21NO4. The van der Waals surface area contributed by atoms with Gasteiger partial charge >= 0.3 is 5.97 Å². The van der Waals surface area contributed by atoms with Gasteiger partial charge in [-0.2, -0.15) is 0 Å². The molecule has 0 saturated carbocycles. The number of hydrogen-bond donors (Lipinski definition) is 1. The van der Waals surface area contributed by atoms with E-state index >= 15 is 0 Å². The van der Waals surface area contributed by atoms with Gasteiger partial charge in [0.15, 0.2) is 0 Å². The highest BCUT2D eigenvalue weighted by molar-refractivity contribution is 5.72. The number of hydroxylamine groups is 1. The maximum Gasteiger partial charge on any atom is 0.310 e.